The minimum absolute atomic E-state index is 0.758. The molecule has 0 amide bonds. The Morgan fingerprint density at radius 1 is 0.733 bits per heavy atom. The third kappa shape index (κ3) is 14.0. The number of unbranched alkanes of at least 4 members (excludes halogenated alkanes) is 8. The fourth-order valence-corrected chi connectivity index (χ4v) is 1.82. The van der Waals surface area contributed by atoms with Gasteiger partial charge >= 0.3 is 0 Å². The van der Waals surface area contributed by atoms with Gasteiger partial charge in [0.15, 0.2) is 0 Å². The second-order valence-corrected chi connectivity index (χ2v) is 4.59. The van der Waals surface area contributed by atoms with Gasteiger partial charge < -0.3 is 0 Å². The maximum absolute atomic E-state index is 5.57. The molecule has 90 valence electrons. The van der Waals surface area contributed by atoms with E-state index >= 15 is 0 Å². The van der Waals surface area contributed by atoms with Crippen molar-refractivity contribution in [3.63, 3.8) is 0 Å². The first-order valence-electron chi connectivity index (χ1n) is 6.62. The van der Waals surface area contributed by atoms with E-state index in [2.05, 4.69) is 19.1 Å². The number of alkyl halides is 1. The lowest BCUT2D eigenvalue weighted by Gasteiger charge is -1.99. The summed E-state index contributed by atoms with van der Waals surface area (Å²) in [6, 6.07) is 0. The average molecular weight is 231 g/mol. The first-order chi connectivity index (χ1) is 7.41. The lowest BCUT2D eigenvalue weighted by atomic mass is 10.1. The highest BCUT2D eigenvalue weighted by molar-refractivity contribution is 6.17. The standard InChI is InChI=1S/C14H27Cl/c1-2-3-4-5-6-7-8-9-10-11-12-13-14-15/h11-12H,2-10,13-14H2,1H3. The van der Waals surface area contributed by atoms with Crippen LogP contribution in [-0.2, 0) is 0 Å². The van der Waals surface area contributed by atoms with Gasteiger partial charge in [-0.2, -0.15) is 0 Å². The zero-order chi connectivity index (χ0) is 11.2. The quantitative estimate of drug-likeness (QED) is 0.243. The molecule has 0 aromatic rings. The predicted molar refractivity (Wildman–Crippen MR) is 71.7 cm³/mol. The zero-order valence-electron chi connectivity index (χ0n) is 10.3. The summed E-state index contributed by atoms with van der Waals surface area (Å²) in [6.07, 6.45) is 18.0. The molecule has 0 aromatic carbocycles. The number of hydrogen-bond acceptors (Lipinski definition) is 0. The molecular formula is C14H27Cl. The van der Waals surface area contributed by atoms with Crippen LogP contribution >= 0.6 is 11.6 Å². The third-order valence-corrected chi connectivity index (χ3v) is 2.89. The van der Waals surface area contributed by atoms with Crippen molar-refractivity contribution in [2.24, 2.45) is 0 Å². The number of hydrogen-bond donors (Lipinski definition) is 0. The van der Waals surface area contributed by atoms with Gasteiger partial charge in [0.1, 0.15) is 0 Å². The van der Waals surface area contributed by atoms with Crippen molar-refractivity contribution in [1.29, 1.82) is 0 Å². The van der Waals surface area contributed by atoms with Crippen molar-refractivity contribution in [1.82, 2.24) is 0 Å². The molecule has 0 heterocycles. The van der Waals surface area contributed by atoms with Crippen LogP contribution in [0.3, 0.4) is 0 Å². The van der Waals surface area contributed by atoms with E-state index in [1.807, 2.05) is 0 Å². The molecular weight excluding hydrogens is 204 g/mol. The molecule has 0 unspecified atom stereocenters. The summed E-state index contributed by atoms with van der Waals surface area (Å²) < 4.78 is 0. The summed E-state index contributed by atoms with van der Waals surface area (Å²) >= 11 is 5.57. The molecule has 0 N–H and O–H groups in total. The highest BCUT2D eigenvalue weighted by Crippen LogP contribution is 2.09. The number of rotatable bonds is 11. The van der Waals surface area contributed by atoms with E-state index in [0.29, 0.717) is 0 Å². The van der Waals surface area contributed by atoms with Crippen LogP contribution in [0.2, 0.25) is 0 Å². The number of allylic oxidation sites excluding steroid dienone is 2. The Morgan fingerprint density at radius 3 is 1.87 bits per heavy atom. The molecule has 0 saturated heterocycles. The molecule has 0 aliphatic heterocycles. The monoisotopic (exact) mass is 230 g/mol. The minimum Gasteiger partial charge on any atom is -0.126 e. The Labute approximate surface area is 101 Å². The van der Waals surface area contributed by atoms with Crippen LogP contribution in [0.25, 0.3) is 0 Å². The van der Waals surface area contributed by atoms with Gasteiger partial charge in [0.25, 0.3) is 0 Å². The van der Waals surface area contributed by atoms with E-state index in [9.17, 15) is 0 Å². The van der Waals surface area contributed by atoms with Crippen LogP contribution in [0, 0.1) is 0 Å². The lowest BCUT2D eigenvalue weighted by molar-refractivity contribution is 0.577. The highest BCUT2D eigenvalue weighted by atomic mass is 35.5. The third-order valence-electron chi connectivity index (χ3n) is 2.67. The van der Waals surface area contributed by atoms with Crippen molar-refractivity contribution in [2.75, 3.05) is 5.88 Å². The Balaban J connectivity index is 2.92. The van der Waals surface area contributed by atoms with E-state index in [4.69, 9.17) is 11.6 Å². The summed E-state index contributed by atoms with van der Waals surface area (Å²) in [5.41, 5.74) is 0. The van der Waals surface area contributed by atoms with Crippen molar-refractivity contribution in [3.8, 4) is 0 Å². The molecule has 0 bridgehead atoms. The Hall–Kier alpha value is 0.0300. The van der Waals surface area contributed by atoms with Gasteiger partial charge in [-0.25, -0.2) is 0 Å². The fourth-order valence-electron chi connectivity index (χ4n) is 1.69. The van der Waals surface area contributed by atoms with Crippen LogP contribution in [0.5, 0.6) is 0 Å². The Morgan fingerprint density at radius 2 is 1.27 bits per heavy atom. The molecule has 0 radical (unpaired) electrons. The summed E-state index contributed by atoms with van der Waals surface area (Å²) in [6.45, 7) is 2.27. The molecule has 1 heteroatoms. The van der Waals surface area contributed by atoms with Gasteiger partial charge in [0.05, 0.1) is 0 Å². The lowest BCUT2D eigenvalue weighted by Crippen LogP contribution is -1.80. The Kier molecular flexibility index (Phi) is 14.1. The zero-order valence-corrected chi connectivity index (χ0v) is 11.1. The number of halogens is 1. The van der Waals surface area contributed by atoms with E-state index in [1.165, 1.54) is 57.8 Å². The fraction of sp³-hybridized carbons (Fsp3) is 0.857. The average Bonchev–Trinajstić information content (AvgIpc) is 2.26. The maximum atomic E-state index is 5.57. The summed E-state index contributed by atoms with van der Waals surface area (Å²) in [5.74, 6) is 0.758. The topological polar surface area (TPSA) is 0 Å². The maximum Gasteiger partial charge on any atom is 0.0257 e. The van der Waals surface area contributed by atoms with Crippen molar-refractivity contribution in [2.45, 2.75) is 71.1 Å². The summed E-state index contributed by atoms with van der Waals surface area (Å²) in [5, 5.41) is 0. The second kappa shape index (κ2) is 14.0. The summed E-state index contributed by atoms with van der Waals surface area (Å²) in [7, 11) is 0. The molecule has 15 heavy (non-hydrogen) atoms. The van der Waals surface area contributed by atoms with Gasteiger partial charge in [-0.15, -0.1) is 11.6 Å². The first kappa shape index (κ1) is 15.0. The highest BCUT2D eigenvalue weighted by Gasteiger charge is 1.90. The van der Waals surface area contributed by atoms with Crippen LogP contribution < -0.4 is 0 Å². The molecule has 0 fully saturated rings. The molecule has 0 saturated carbocycles. The van der Waals surface area contributed by atoms with Crippen LogP contribution in [0.4, 0.5) is 0 Å². The van der Waals surface area contributed by atoms with Gasteiger partial charge in [-0.1, -0.05) is 64.0 Å². The molecule has 0 aliphatic carbocycles. The van der Waals surface area contributed by atoms with Gasteiger partial charge in [-0.05, 0) is 19.3 Å². The van der Waals surface area contributed by atoms with E-state index in [-0.39, 0.29) is 0 Å². The molecule has 0 aromatic heterocycles. The van der Waals surface area contributed by atoms with Gasteiger partial charge in [0.2, 0.25) is 0 Å². The largest absolute Gasteiger partial charge is 0.126 e. The smallest absolute Gasteiger partial charge is 0.0257 e. The normalized spacial score (nSPS) is 11.3. The van der Waals surface area contributed by atoms with Crippen molar-refractivity contribution in [3.05, 3.63) is 12.2 Å². The van der Waals surface area contributed by atoms with Crippen molar-refractivity contribution >= 4 is 11.6 Å². The molecule has 0 spiro atoms. The Bertz CT molecular complexity index is 129. The second-order valence-electron chi connectivity index (χ2n) is 4.21. The van der Waals surface area contributed by atoms with Gasteiger partial charge in [0, 0.05) is 5.88 Å². The molecule has 0 aliphatic rings. The predicted octanol–water partition coefficient (Wildman–Crippen LogP) is 5.70. The van der Waals surface area contributed by atoms with Crippen LogP contribution in [0.15, 0.2) is 12.2 Å². The van der Waals surface area contributed by atoms with E-state index in [1.54, 1.807) is 0 Å². The summed E-state index contributed by atoms with van der Waals surface area (Å²) in [4.78, 5) is 0. The molecule has 0 atom stereocenters. The minimum atomic E-state index is 0.758. The van der Waals surface area contributed by atoms with E-state index < -0.39 is 0 Å². The molecule has 0 rings (SSSR count). The van der Waals surface area contributed by atoms with Gasteiger partial charge in [-0.3, -0.25) is 0 Å². The van der Waals surface area contributed by atoms with Crippen molar-refractivity contribution < 1.29 is 0 Å². The van der Waals surface area contributed by atoms with Crippen LogP contribution in [-0.4, -0.2) is 5.88 Å². The van der Waals surface area contributed by atoms with E-state index in [0.717, 1.165) is 12.3 Å². The van der Waals surface area contributed by atoms with Crippen LogP contribution in [0.1, 0.15) is 71.1 Å². The SMILES string of the molecule is CCCCCCCCCCC=CCCCl. The molecule has 0 nitrogen and oxygen atoms in total. The first-order valence-corrected chi connectivity index (χ1v) is 7.16.